The van der Waals surface area contributed by atoms with Gasteiger partial charge in [-0.05, 0) is 113 Å². The second-order valence-electron chi connectivity index (χ2n) is 17.8. The Bertz CT molecular complexity index is 1040. The summed E-state index contributed by atoms with van der Waals surface area (Å²) in [5.41, 5.74) is -0.973. The maximum Gasteiger partial charge on any atom is 0.309 e. The Balaban J connectivity index is 0.000000500. The third kappa shape index (κ3) is 17.7. The second-order valence-corrected chi connectivity index (χ2v) is 27.0. The van der Waals surface area contributed by atoms with Gasteiger partial charge >= 0.3 is 11.9 Å². The molecule has 0 unspecified atom stereocenters. The maximum atomic E-state index is 12.3. The Morgan fingerprint density at radius 2 is 0.900 bits per heavy atom. The molecule has 6 atom stereocenters. The average molecular weight is 973 g/mol. The Kier molecular flexibility index (Phi) is 19.2. The summed E-state index contributed by atoms with van der Waals surface area (Å²) in [6, 6.07) is 0. The van der Waals surface area contributed by atoms with Gasteiger partial charge in [-0.15, -0.1) is 20.6 Å². The largest absolute Gasteiger partial charge is 0.460 e. The number of halogens is 2. The molecular formula is C38H70I2O8S2. The lowest BCUT2D eigenvalue weighted by Gasteiger charge is -2.48. The molecule has 2 heterocycles. The molecule has 0 N–H and O–H groups in total. The van der Waals surface area contributed by atoms with Crippen molar-refractivity contribution in [1.29, 1.82) is 0 Å². The molecule has 50 heavy (non-hydrogen) atoms. The van der Waals surface area contributed by atoms with Crippen molar-refractivity contribution in [2.24, 2.45) is 0 Å². The van der Waals surface area contributed by atoms with Gasteiger partial charge in [0.15, 0.2) is 0 Å². The number of ether oxygens (including phenoxy) is 4. The highest BCUT2D eigenvalue weighted by Gasteiger charge is 2.41. The van der Waals surface area contributed by atoms with Crippen LogP contribution < -0.4 is 0 Å². The predicted molar refractivity (Wildman–Crippen MR) is 231 cm³/mol. The zero-order valence-electron chi connectivity index (χ0n) is 33.9. The molecule has 0 aromatic rings. The molecule has 0 radical (unpaired) electrons. The number of rotatable bonds is 10. The van der Waals surface area contributed by atoms with Crippen molar-refractivity contribution in [3.05, 3.63) is 20.3 Å². The monoisotopic (exact) mass is 972 g/mol. The molecule has 0 saturated carbocycles. The van der Waals surface area contributed by atoms with Crippen molar-refractivity contribution < 1.29 is 36.9 Å². The first-order chi connectivity index (χ1) is 22.5. The van der Waals surface area contributed by atoms with Gasteiger partial charge in [-0.25, -0.2) is 0 Å². The van der Waals surface area contributed by atoms with Gasteiger partial charge in [0.25, 0.3) is 0 Å². The maximum absolute atomic E-state index is 12.3. The lowest BCUT2D eigenvalue weighted by atomic mass is 9.99. The van der Waals surface area contributed by atoms with E-state index in [9.17, 15) is 9.59 Å². The molecule has 0 amide bonds. The van der Waals surface area contributed by atoms with Crippen LogP contribution in [0.3, 0.4) is 0 Å². The molecule has 0 spiro atoms. The highest BCUT2D eigenvalue weighted by atomic mass is 127. The lowest BCUT2D eigenvalue weighted by molar-refractivity contribution is -0.165. The molecule has 2 rings (SSSR count). The van der Waals surface area contributed by atoms with Crippen LogP contribution in [0.5, 0.6) is 0 Å². The van der Waals surface area contributed by atoms with Crippen LogP contribution in [0.25, 0.3) is 0 Å². The van der Waals surface area contributed by atoms with Gasteiger partial charge in [0.1, 0.15) is 11.2 Å². The molecular weight excluding hydrogens is 902 g/mol. The highest BCUT2D eigenvalue weighted by Crippen LogP contribution is 2.57. The smallest absolute Gasteiger partial charge is 0.309 e. The van der Waals surface area contributed by atoms with Gasteiger partial charge in [-0.2, -0.15) is 0 Å². The van der Waals surface area contributed by atoms with E-state index < -0.39 is 31.8 Å². The van der Waals surface area contributed by atoms with Crippen LogP contribution in [-0.2, 0) is 36.9 Å². The third-order valence-electron chi connectivity index (χ3n) is 8.83. The van der Waals surface area contributed by atoms with Gasteiger partial charge in [0.05, 0.1) is 49.5 Å². The van der Waals surface area contributed by atoms with E-state index in [0.717, 1.165) is 25.7 Å². The number of hydrogen-bond donors (Lipinski definition) is 0. The van der Waals surface area contributed by atoms with Crippen molar-refractivity contribution in [3.63, 3.8) is 0 Å². The fourth-order valence-electron chi connectivity index (χ4n) is 4.82. The molecule has 8 nitrogen and oxygen atoms in total. The van der Waals surface area contributed by atoms with Crippen LogP contribution in [0, 0.1) is 0 Å². The van der Waals surface area contributed by atoms with Crippen molar-refractivity contribution >= 4 is 77.7 Å². The molecule has 0 aromatic carbocycles. The third-order valence-corrected chi connectivity index (χ3v) is 17.0. The van der Waals surface area contributed by atoms with Crippen LogP contribution in [0.1, 0.15) is 122 Å². The summed E-state index contributed by atoms with van der Waals surface area (Å²) < 4.78 is 40.5. The van der Waals surface area contributed by atoms with Crippen molar-refractivity contribution in [2.45, 2.75) is 179 Å². The van der Waals surface area contributed by atoms with Gasteiger partial charge in [0.2, 0.25) is 0 Å². The molecule has 12 heteroatoms. The molecule has 2 aliphatic rings. The molecule has 0 aromatic heterocycles. The minimum atomic E-state index is -1.28. The standard InChI is InChI=1S/2C19H35IO4S/c2*1-18(2,3)23-17(21)13-16-15(10-9-14(22-16)11-12-20)24-25(7,8)19(4,5)6/h2*11-12,14-16H,9-10,13H2,1-8H3/b2*12-11+/t2*14-,15+,16-/m10/s1. The normalized spacial score (nSPS) is 26.7. The quantitative estimate of drug-likeness (QED) is 0.158. The first kappa shape index (κ1) is 48.4. The van der Waals surface area contributed by atoms with Crippen molar-refractivity contribution in [1.82, 2.24) is 0 Å². The van der Waals surface area contributed by atoms with E-state index in [4.69, 9.17) is 27.3 Å². The first-order valence-corrected chi connectivity index (χ1v) is 24.8. The van der Waals surface area contributed by atoms with E-state index in [2.05, 4.69) is 112 Å². The second kappa shape index (κ2) is 19.8. The molecule has 2 saturated heterocycles. The molecule has 0 bridgehead atoms. The van der Waals surface area contributed by atoms with E-state index in [1.54, 1.807) is 0 Å². The fourth-order valence-corrected chi connectivity index (χ4v) is 8.00. The first-order valence-electron chi connectivity index (χ1n) is 17.6. The molecule has 2 aliphatic heterocycles. The molecule has 0 aliphatic carbocycles. The lowest BCUT2D eigenvalue weighted by Crippen LogP contribution is -2.44. The topological polar surface area (TPSA) is 89.5 Å². The van der Waals surface area contributed by atoms with E-state index in [-0.39, 0.29) is 70.9 Å². The zero-order chi connectivity index (χ0) is 38.9. The zero-order valence-corrected chi connectivity index (χ0v) is 39.8. The Morgan fingerprint density at radius 3 is 1.14 bits per heavy atom. The summed E-state index contributed by atoms with van der Waals surface area (Å²) in [4.78, 5) is 24.7. The van der Waals surface area contributed by atoms with Crippen LogP contribution in [-0.4, -0.2) is 94.3 Å². The van der Waals surface area contributed by atoms with Crippen molar-refractivity contribution in [3.8, 4) is 0 Å². The van der Waals surface area contributed by atoms with Crippen LogP contribution >= 0.6 is 65.8 Å². The summed E-state index contributed by atoms with van der Waals surface area (Å²) in [7, 11) is -2.57. The van der Waals surface area contributed by atoms with Gasteiger partial charge in [-0.1, -0.05) is 86.7 Å². The van der Waals surface area contributed by atoms with E-state index in [1.807, 2.05) is 61.9 Å². The van der Waals surface area contributed by atoms with Crippen LogP contribution in [0.4, 0.5) is 0 Å². The minimum Gasteiger partial charge on any atom is -0.460 e. The summed E-state index contributed by atoms with van der Waals surface area (Å²) in [6.45, 7) is 24.5. The minimum absolute atomic E-state index is 0.0388. The summed E-state index contributed by atoms with van der Waals surface area (Å²) in [5.74, 6) is -0.456. The average Bonchev–Trinajstić information content (AvgIpc) is 2.88. The Morgan fingerprint density at radius 1 is 0.600 bits per heavy atom. The van der Waals surface area contributed by atoms with E-state index in [0.29, 0.717) is 0 Å². The Labute approximate surface area is 336 Å². The Hall–Kier alpha value is 0.420. The van der Waals surface area contributed by atoms with Crippen molar-refractivity contribution in [2.75, 3.05) is 25.0 Å². The SMILES string of the molecule is CC(C)(C)OC(=O)C[C@@H]1O[C@H](/C=C/I)CC[C@H]1OS(C)(C)C(C)(C)C.CC(C)(C)OC(=O)C[C@H]1O[C@@H](/C=C/I)CC[C@@H]1OS(C)(C)C(C)(C)C. The van der Waals surface area contributed by atoms with E-state index in [1.165, 1.54) is 0 Å². The van der Waals surface area contributed by atoms with Crippen LogP contribution in [0.15, 0.2) is 20.3 Å². The predicted octanol–water partition coefficient (Wildman–Crippen LogP) is 10.8. The summed E-state index contributed by atoms with van der Waals surface area (Å²) in [5, 5.41) is 0. The van der Waals surface area contributed by atoms with Crippen LogP contribution in [0.2, 0.25) is 0 Å². The number of carbonyl (C=O) groups is 2. The van der Waals surface area contributed by atoms with Gasteiger partial charge < -0.3 is 27.3 Å². The molecule has 2 fully saturated rings. The van der Waals surface area contributed by atoms with Gasteiger partial charge in [0, 0.05) is 9.49 Å². The van der Waals surface area contributed by atoms with Gasteiger partial charge in [-0.3, -0.25) is 9.59 Å². The number of esters is 2. The number of carbonyl (C=O) groups excluding carboxylic acids is 2. The summed E-state index contributed by atoms with van der Waals surface area (Å²) in [6.07, 6.45) is 16.3. The fraction of sp³-hybridized carbons (Fsp3) is 0.842. The number of hydrogen-bond acceptors (Lipinski definition) is 8. The highest BCUT2D eigenvalue weighted by molar-refractivity contribution is 14.1. The van der Waals surface area contributed by atoms with E-state index >= 15 is 0 Å². The summed E-state index contributed by atoms with van der Waals surface area (Å²) >= 11 is 4.40. The molecule has 296 valence electrons.